The number of hydrogen-bond acceptors (Lipinski definition) is 3. The molecule has 0 radical (unpaired) electrons. The van der Waals surface area contributed by atoms with Crippen LogP contribution in [0.25, 0.3) is 0 Å². The summed E-state index contributed by atoms with van der Waals surface area (Å²) in [6.07, 6.45) is 1.89. The number of nitrogens with zero attached hydrogens (tertiary/aromatic N) is 1. The Morgan fingerprint density at radius 2 is 1.67 bits per heavy atom. The number of carbonyl (C=O) groups excluding carboxylic acids is 2. The molecule has 1 aliphatic heterocycles. The van der Waals surface area contributed by atoms with Gasteiger partial charge in [-0.1, -0.05) is 30.3 Å². The molecule has 0 atom stereocenters. The second-order valence-electron chi connectivity index (χ2n) is 6.77. The van der Waals surface area contributed by atoms with E-state index in [4.69, 9.17) is 11.6 Å². The van der Waals surface area contributed by atoms with Crippen molar-refractivity contribution >= 4 is 29.1 Å². The fraction of sp³-hybridized carbons (Fsp3) is 0.333. The number of rotatable bonds is 6. The van der Waals surface area contributed by atoms with Crippen molar-refractivity contribution in [2.24, 2.45) is 0 Å². The standard InChI is InChI=1S/C21H24ClN3O2/c22-14-20(26)23-18-8-6-17(7-9-18)21(27)24-19-10-12-25(13-11-19)15-16-4-2-1-3-5-16/h1-9,19H,10-15H2,(H,23,26)(H,24,27). The molecule has 1 heterocycles. The van der Waals surface area contributed by atoms with E-state index in [1.54, 1.807) is 24.3 Å². The summed E-state index contributed by atoms with van der Waals surface area (Å²) in [5, 5.41) is 5.77. The Morgan fingerprint density at radius 1 is 1.00 bits per heavy atom. The average molecular weight is 386 g/mol. The molecule has 2 N–H and O–H groups in total. The molecule has 2 amide bonds. The first-order valence-corrected chi connectivity index (χ1v) is 9.70. The normalized spacial score (nSPS) is 15.3. The molecule has 142 valence electrons. The number of halogens is 1. The van der Waals surface area contributed by atoms with Crippen LogP contribution in [0.15, 0.2) is 54.6 Å². The van der Waals surface area contributed by atoms with Crippen molar-refractivity contribution in [1.29, 1.82) is 0 Å². The molecule has 3 rings (SSSR count). The predicted molar refractivity (Wildman–Crippen MR) is 108 cm³/mol. The molecule has 0 spiro atoms. The van der Waals surface area contributed by atoms with Gasteiger partial charge in [-0.3, -0.25) is 14.5 Å². The van der Waals surface area contributed by atoms with Crippen LogP contribution in [-0.2, 0) is 11.3 Å². The summed E-state index contributed by atoms with van der Waals surface area (Å²) in [7, 11) is 0. The van der Waals surface area contributed by atoms with Gasteiger partial charge in [0.15, 0.2) is 0 Å². The molecule has 27 heavy (non-hydrogen) atoms. The van der Waals surface area contributed by atoms with E-state index in [-0.39, 0.29) is 23.7 Å². The van der Waals surface area contributed by atoms with Crippen LogP contribution >= 0.6 is 11.6 Å². The third kappa shape index (κ3) is 5.81. The maximum absolute atomic E-state index is 12.4. The van der Waals surface area contributed by atoms with Crippen LogP contribution in [0.3, 0.4) is 0 Å². The smallest absolute Gasteiger partial charge is 0.251 e. The SMILES string of the molecule is O=C(CCl)Nc1ccc(C(=O)NC2CCN(Cc3ccccc3)CC2)cc1. The van der Waals surface area contributed by atoms with Gasteiger partial charge in [-0.05, 0) is 42.7 Å². The van der Waals surface area contributed by atoms with Crippen LogP contribution in [0.2, 0.25) is 0 Å². The van der Waals surface area contributed by atoms with Crippen LogP contribution in [0.5, 0.6) is 0 Å². The Balaban J connectivity index is 1.45. The summed E-state index contributed by atoms with van der Waals surface area (Å²) in [6, 6.07) is 17.5. The van der Waals surface area contributed by atoms with Crippen LogP contribution < -0.4 is 10.6 Å². The fourth-order valence-electron chi connectivity index (χ4n) is 3.25. The highest BCUT2D eigenvalue weighted by molar-refractivity contribution is 6.29. The van der Waals surface area contributed by atoms with Crippen LogP contribution in [-0.4, -0.2) is 41.7 Å². The first kappa shape index (κ1) is 19.4. The van der Waals surface area contributed by atoms with Gasteiger partial charge in [0.25, 0.3) is 5.91 Å². The zero-order valence-corrected chi connectivity index (χ0v) is 15.9. The Kier molecular flexibility index (Phi) is 6.85. The summed E-state index contributed by atoms with van der Waals surface area (Å²) in [4.78, 5) is 26.1. The van der Waals surface area contributed by atoms with Gasteiger partial charge in [-0.15, -0.1) is 11.6 Å². The van der Waals surface area contributed by atoms with Crippen molar-refractivity contribution in [1.82, 2.24) is 10.2 Å². The van der Waals surface area contributed by atoms with E-state index in [9.17, 15) is 9.59 Å². The van der Waals surface area contributed by atoms with Crippen molar-refractivity contribution in [2.45, 2.75) is 25.4 Å². The first-order chi connectivity index (χ1) is 13.1. The molecule has 0 saturated carbocycles. The van der Waals surface area contributed by atoms with Gasteiger partial charge in [-0.25, -0.2) is 0 Å². The van der Waals surface area contributed by atoms with Gasteiger partial charge in [0.2, 0.25) is 5.91 Å². The molecule has 0 aromatic heterocycles. The third-order valence-corrected chi connectivity index (χ3v) is 4.97. The monoisotopic (exact) mass is 385 g/mol. The summed E-state index contributed by atoms with van der Waals surface area (Å²) in [5.74, 6) is -0.437. The van der Waals surface area contributed by atoms with Gasteiger partial charge in [0, 0.05) is 36.9 Å². The van der Waals surface area contributed by atoms with E-state index in [2.05, 4.69) is 39.8 Å². The zero-order valence-electron chi connectivity index (χ0n) is 15.2. The van der Waals surface area contributed by atoms with Gasteiger partial charge in [0.05, 0.1) is 0 Å². The number of alkyl halides is 1. The number of nitrogens with one attached hydrogen (secondary N) is 2. The number of hydrogen-bond donors (Lipinski definition) is 2. The fourth-order valence-corrected chi connectivity index (χ4v) is 3.31. The summed E-state index contributed by atoms with van der Waals surface area (Å²) in [5.41, 5.74) is 2.54. The number of likely N-dealkylation sites (tertiary alicyclic amines) is 1. The molecule has 0 aliphatic carbocycles. The molecular weight excluding hydrogens is 362 g/mol. The summed E-state index contributed by atoms with van der Waals surface area (Å²) < 4.78 is 0. The lowest BCUT2D eigenvalue weighted by Crippen LogP contribution is -2.44. The molecular formula is C21H24ClN3O2. The van der Waals surface area contributed by atoms with Crippen LogP contribution in [0.4, 0.5) is 5.69 Å². The van der Waals surface area contributed by atoms with Crippen molar-refractivity contribution in [3.05, 3.63) is 65.7 Å². The van der Waals surface area contributed by atoms with E-state index < -0.39 is 0 Å². The number of benzene rings is 2. The largest absolute Gasteiger partial charge is 0.349 e. The van der Waals surface area contributed by atoms with Crippen LogP contribution in [0.1, 0.15) is 28.8 Å². The lowest BCUT2D eigenvalue weighted by molar-refractivity contribution is -0.113. The summed E-state index contributed by atoms with van der Waals surface area (Å²) in [6.45, 7) is 2.91. The molecule has 2 aromatic carbocycles. The molecule has 1 saturated heterocycles. The predicted octanol–water partition coefficient (Wildman–Crippen LogP) is 3.26. The highest BCUT2D eigenvalue weighted by atomic mass is 35.5. The van der Waals surface area contributed by atoms with Crippen molar-refractivity contribution in [3.63, 3.8) is 0 Å². The quantitative estimate of drug-likeness (QED) is 0.750. The van der Waals surface area contributed by atoms with Crippen molar-refractivity contribution in [2.75, 3.05) is 24.3 Å². The molecule has 5 nitrogen and oxygen atoms in total. The Morgan fingerprint density at radius 3 is 2.30 bits per heavy atom. The Bertz CT molecular complexity index is 757. The number of piperidine rings is 1. The average Bonchev–Trinajstić information content (AvgIpc) is 2.70. The van der Waals surface area contributed by atoms with Gasteiger partial charge < -0.3 is 10.6 Å². The Hall–Kier alpha value is -2.37. The van der Waals surface area contributed by atoms with E-state index in [0.29, 0.717) is 11.3 Å². The minimum Gasteiger partial charge on any atom is -0.349 e. The molecule has 0 unspecified atom stereocenters. The molecule has 2 aromatic rings. The molecule has 0 bridgehead atoms. The maximum atomic E-state index is 12.4. The number of amides is 2. The highest BCUT2D eigenvalue weighted by Gasteiger charge is 2.21. The number of anilines is 1. The topological polar surface area (TPSA) is 61.4 Å². The van der Waals surface area contributed by atoms with E-state index in [1.165, 1.54) is 5.56 Å². The van der Waals surface area contributed by atoms with Gasteiger partial charge in [-0.2, -0.15) is 0 Å². The van der Waals surface area contributed by atoms with Crippen molar-refractivity contribution in [3.8, 4) is 0 Å². The highest BCUT2D eigenvalue weighted by Crippen LogP contribution is 2.15. The maximum Gasteiger partial charge on any atom is 0.251 e. The molecule has 1 aliphatic rings. The lowest BCUT2D eigenvalue weighted by Gasteiger charge is -2.32. The van der Waals surface area contributed by atoms with E-state index >= 15 is 0 Å². The van der Waals surface area contributed by atoms with Crippen molar-refractivity contribution < 1.29 is 9.59 Å². The second-order valence-corrected chi connectivity index (χ2v) is 7.04. The molecule has 1 fully saturated rings. The molecule has 6 heteroatoms. The summed E-state index contributed by atoms with van der Waals surface area (Å²) >= 11 is 5.47. The second kappa shape index (κ2) is 9.53. The minimum absolute atomic E-state index is 0.0771. The Labute approximate surface area is 164 Å². The van der Waals surface area contributed by atoms with E-state index in [0.717, 1.165) is 32.5 Å². The first-order valence-electron chi connectivity index (χ1n) is 9.17. The van der Waals surface area contributed by atoms with E-state index in [1.807, 2.05) is 6.07 Å². The van der Waals surface area contributed by atoms with Crippen LogP contribution in [0, 0.1) is 0 Å². The minimum atomic E-state index is -0.267. The zero-order chi connectivity index (χ0) is 19.1. The lowest BCUT2D eigenvalue weighted by atomic mass is 10.0. The van der Waals surface area contributed by atoms with Gasteiger partial charge >= 0.3 is 0 Å². The number of carbonyl (C=O) groups is 2. The third-order valence-electron chi connectivity index (χ3n) is 4.72. The van der Waals surface area contributed by atoms with Gasteiger partial charge in [0.1, 0.15) is 5.88 Å².